The summed E-state index contributed by atoms with van der Waals surface area (Å²) in [4.78, 5) is 11.0. The normalized spacial score (nSPS) is 26.9. The van der Waals surface area contributed by atoms with Crippen LogP contribution in [0.4, 0.5) is 5.82 Å². The van der Waals surface area contributed by atoms with Crippen molar-refractivity contribution in [2.24, 2.45) is 0 Å². The van der Waals surface area contributed by atoms with Crippen LogP contribution in [0.3, 0.4) is 0 Å². The highest BCUT2D eigenvalue weighted by molar-refractivity contribution is 9.10. The van der Waals surface area contributed by atoms with Crippen molar-refractivity contribution in [1.82, 2.24) is 19.4 Å². The third-order valence-electron chi connectivity index (χ3n) is 4.64. The van der Waals surface area contributed by atoms with Gasteiger partial charge in [-0.2, -0.15) is 0 Å². The maximum Gasteiger partial charge on any atom is 0.146 e. The summed E-state index contributed by atoms with van der Waals surface area (Å²) in [7, 11) is 0. The molecule has 7 heteroatoms. The Kier molecular flexibility index (Phi) is 3.35. The first-order chi connectivity index (χ1) is 10.2. The first-order valence-corrected chi connectivity index (χ1v) is 8.11. The maximum absolute atomic E-state index is 5.96. The number of rotatable bonds is 2. The minimum absolute atomic E-state index is 0.501. The first-order valence-electron chi connectivity index (χ1n) is 7.32. The molecule has 2 aromatic heterocycles. The lowest BCUT2D eigenvalue weighted by Gasteiger charge is -2.44. The predicted octanol–water partition coefficient (Wildman–Crippen LogP) is 1.81. The van der Waals surface area contributed by atoms with E-state index in [0.29, 0.717) is 17.9 Å². The van der Waals surface area contributed by atoms with Gasteiger partial charge < -0.3 is 15.0 Å². The van der Waals surface area contributed by atoms with Gasteiger partial charge >= 0.3 is 0 Å². The molecule has 1 aliphatic heterocycles. The molecule has 6 nitrogen and oxygen atoms in total. The van der Waals surface area contributed by atoms with Gasteiger partial charge in [-0.1, -0.05) is 0 Å². The van der Waals surface area contributed by atoms with Crippen LogP contribution in [0.5, 0.6) is 0 Å². The van der Waals surface area contributed by atoms with Gasteiger partial charge in [-0.25, -0.2) is 9.97 Å². The Bertz CT molecular complexity index is 661. The predicted molar refractivity (Wildman–Crippen MR) is 84.1 cm³/mol. The second-order valence-corrected chi connectivity index (χ2v) is 6.62. The van der Waals surface area contributed by atoms with E-state index in [4.69, 9.17) is 10.5 Å². The second kappa shape index (κ2) is 5.23. The molecule has 1 saturated heterocycles. The topological polar surface area (TPSA) is 69.2 Å². The average Bonchev–Trinajstić information content (AvgIpc) is 2.77. The molecule has 112 valence electrons. The molecule has 0 bridgehead atoms. The highest BCUT2D eigenvalue weighted by Gasteiger charge is 2.36. The fourth-order valence-electron chi connectivity index (χ4n) is 3.37. The van der Waals surface area contributed by atoms with E-state index in [-0.39, 0.29) is 0 Å². The Labute approximate surface area is 131 Å². The van der Waals surface area contributed by atoms with Crippen LogP contribution in [0, 0.1) is 0 Å². The maximum atomic E-state index is 5.96. The number of anilines is 1. The Morgan fingerprint density at radius 2 is 1.95 bits per heavy atom. The quantitative estimate of drug-likeness (QED) is 0.893. The number of aromatic nitrogens is 3. The van der Waals surface area contributed by atoms with Crippen LogP contribution in [-0.2, 0) is 4.74 Å². The number of hydrogen-bond donors (Lipinski definition) is 1. The number of hydrogen-bond acceptors (Lipinski definition) is 5. The van der Waals surface area contributed by atoms with Gasteiger partial charge in [0.25, 0.3) is 0 Å². The Morgan fingerprint density at radius 1 is 1.19 bits per heavy atom. The van der Waals surface area contributed by atoms with Crippen molar-refractivity contribution in [3.63, 3.8) is 0 Å². The van der Waals surface area contributed by atoms with E-state index in [2.05, 4.69) is 41.6 Å². The molecule has 2 aliphatic rings. The van der Waals surface area contributed by atoms with Gasteiger partial charge in [0.15, 0.2) is 0 Å². The highest BCUT2D eigenvalue weighted by atomic mass is 79.9. The zero-order valence-electron chi connectivity index (χ0n) is 11.7. The van der Waals surface area contributed by atoms with Crippen LogP contribution in [-0.4, -0.2) is 51.8 Å². The summed E-state index contributed by atoms with van der Waals surface area (Å²) >= 11 is 3.57. The summed E-state index contributed by atoms with van der Waals surface area (Å²) in [6.45, 7) is 3.84. The minimum Gasteiger partial charge on any atom is -0.383 e. The van der Waals surface area contributed by atoms with E-state index in [1.165, 1.54) is 12.8 Å². The number of halogens is 1. The lowest BCUT2D eigenvalue weighted by molar-refractivity contribution is -0.0142. The van der Waals surface area contributed by atoms with Crippen LogP contribution in [0.1, 0.15) is 18.9 Å². The SMILES string of the molecule is Nc1ncnc2c1c(Br)cn2C1CC(N2CCOCC2)C1. The third-order valence-corrected chi connectivity index (χ3v) is 5.24. The van der Waals surface area contributed by atoms with E-state index in [0.717, 1.165) is 41.8 Å². The fourth-order valence-corrected chi connectivity index (χ4v) is 3.97. The summed E-state index contributed by atoms with van der Waals surface area (Å²) in [5, 5.41) is 0.923. The molecule has 0 atom stereocenters. The summed E-state index contributed by atoms with van der Waals surface area (Å²) in [6, 6.07) is 1.18. The van der Waals surface area contributed by atoms with Crippen LogP contribution in [0.2, 0.25) is 0 Å². The van der Waals surface area contributed by atoms with Crippen molar-refractivity contribution in [3.8, 4) is 0 Å². The van der Waals surface area contributed by atoms with Crippen LogP contribution < -0.4 is 5.73 Å². The van der Waals surface area contributed by atoms with Gasteiger partial charge in [-0.15, -0.1) is 0 Å². The summed E-state index contributed by atoms with van der Waals surface area (Å²) in [5.74, 6) is 0.537. The standard InChI is InChI=1S/C14H18BrN5O/c15-11-7-20(14-12(11)13(16)17-8-18-14)10-5-9(6-10)19-1-3-21-4-2-19/h7-10H,1-6H2,(H2,16,17,18). The number of nitrogens with two attached hydrogens (primary N) is 1. The van der Waals surface area contributed by atoms with Crippen molar-refractivity contribution in [2.45, 2.75) is 24.9 Å². The molecule has 0 radical (unpaired) electrons. The lowest BCUT2D eigenvalue weighted by Crippen LogP contribution is -2.49. The smallest absolute Gasteiger partial charge is 0.146 e. The van der Waals surface area contributed by atoms with E-state index < -0.39 is 0 Å². The molecular weight excluding hydrogens is 334 g/mol. The molecule has 0 aromatic carbocycles. The average molecular weight is 352 g/mol. The molecule has 3 heterocycles. The van der Waals surface area contributed by atoms with Crippen molar-refractivity contribution in [2.75, 3.05) is 32.0 Å². The molecule has 1 aliphatic carbocycles. The third kappa shape index (κ3) is 2.23. The molecule has 4 rings (SSSR count). The first kappa shape index (κ1) is 13.5. The minimum atomic E-state index is 0.501. The molecule has 2 fully saturated rings. The largest absolute Gasteiger partial charge is 0.383 e. The Balaban J connectivity index is 1.55. The van der Waals surface area contributed by atoms with E-state index in [1.54, 1.807) is 6.33 Å². The number of nitrogen functional groups attached to an aromatic ring is 1. The van der Waals surface area contributed by atoms with Gasteiger partial charge in [-0.3, -0.25) is 4.90 Å². The summed E-state index contributed by atoms with van der Waals surface area (Å²) < 4.78 is 8.64. The van der Waals surface area contributed by atoms with Crippen molar-refractivity contribution in [1.29, 1.82) is 0 Å². The molecule has 0 unspecified atom stereocenters. The molecule has 21 heavy (non-hydrogen) atoms. The second-order valence-electron chi connectivity index (χ2n) is 5.77. The summed E-state index contributed by atoms with van der Waals surface area (Å²) in [6.07, 6.45) is 5.97. The van der Waals surface area contributed by atoms with E-state index in [9.17, 15) is 0 Å². The number of nitrogens with zero attached hydrogens (tertiary/aromatic N) is 4. The van der Waals surface area contributed by atoms with Crippen molar-refractivity contribution in [3.05, 3.63) is 17.0 Å². The van der Waals surface area contributed by atoms with Gasteiger partial charge in [0.05, 0.1) is 18.6 Å². The van der Waals surface area contributed by atoms with E-state index in [1.807, 2.05) is 0 Å². The fraction of sp³-hybridized carbons (Fsp3) is 0.571. The number of fused-ring (bicyclic) bond motifs is 1. The number of morpholine rings is 1. The van der Waals surface area contributed by atoms with Gasteiger partial charge in [-0.05, 0) is 28.8 Å². The Hall–Kier alpha value is -1.18. The van der Waals surface area contributed by atoms with Crippen LogP contribution in [0.15, 0.2) is 17.0 Å². The summed E-state index contributed by atoms with van der Waals surface area (Å²) in [5.41, 5.74) is 6.89. The molecule has 1 saturated carbocycles. The van der Waals surface area contributed by atoms with E-state index >= 15 is 0 Å². The van der Waals surface area contributed by atoms with Crippen LogP contribution >= 0.6 is 15.9 Å². The lowest BCUT2D eigenvalue weighted by atomic mass is 9.85. The molecular formula is C14H18BrN5O. The zero-order chi connectivity index (χ0) is 14.4. The monoisotopic (exact) mass is 351 g/mol. The van der Waals surface area contributed by atoms with Gasteiger partial charge in [0.2, 0.25) is 0 Å². The molecule has 0 amide bonds. The van der Waals surface area contributed by atoms with Crippen molar-refractivity contribution >= 4 is 32.8 Å². The van der Waals surface area contributed by atoms with Gasteiger partial charge in [0.1, 0.15) is 17.8 Å². The van der Waals surface area contributed by atoms with Gasteiger partial charge in [0, 0.05) is 35.8 Å². The molecule has 2 aromatic rings. The number of ether oxygens (including phenoxy) is 1. The molecule has 0 spiro atoms. The van der Waals surface area contributed by atoms with Crippen molar-refractivity contribution < 1.29 is 4.74 Å². The Morgan fingerprint density at radius 3 is 2.71 bits per heavy atom. The zero-order valence-corrected chi connectivity index (χ0v) is 13.3. The molecule has 2 N–H and O–H groups in total. The highest BCUT2D eigenvalue weighted by Crippen LogP contribution is 2.40. The van der Waals surface area contributed by atoms with Crippen LogP contribution in [0.25, 0.3) is 11.0 Å².